The highest BCUT2D eigenvalue weighted by Crippen LogP contribution is 2.12. The summed E-state index contributed by atoms with van der Waals surface area (Å²) >= 11 is 0. The van der Waals surface area contributed by atoms with Gasteiger partial charge in [-0.3, -0.25) is 10.1 Å². The molecule has 1 atom stereocenters. The second kappa shape index (κ2) is 8.41. The van der Waals surface area contributed by atoms with Crippen molar-refractivity contribution in [3.63, 3.8) is 0 Å². The van der Waals surface area contributed by atoms with Gasteiger partial charge < -0.3 is 10.1 Å². The van der Waals surface area contributed by atoms with Crippen molar-refractivity contribution in [3.05, 3.63) is 29.8 Å². The Morgan fingerprint density at radius 1 is 1.25 bits per heavy atom. The van der Waals surface area contributed by atoms with E-state index in [0.29, 0.717) is 6.54 Å². The monoisotopic (exact) mass is 357 g/mol. The van der Waals surface area contributed by atoms with E-state index >= 15 is 0 Å². The number of hydrogen-bond acceptors (Lipinski definition) is 6. The Hall–Kier alpha value is -2.46. The molecule has 0 aromatic heterocycles. The van der Waals surface area contributed by atoms with Crippen molar-refractivity contribution >= 4 is 27.9 Å². The van der Waals surface area contributed by atoms with Crippen LogP contribution in [0.25, 0.3) is 0 Å². The molecular formula is C14H19N3O6S. The number of rotatable bonds is 6. The van der Waals surface area contributed by atoms with Crippen LogP contribution in [0.1, 0.15) is 24.2 Å². The minimum Gasteiger partial charge on any atom is -0.449 e. The van der Waals surface area contributed by atoms with E-state index < -0.39 is 34.0 Å². The lowest BCUT2D eigenvalue weighted by Crippen LogP contribution is -2.44. The lowest BCUT2D eigenvalue weighted by atomic mass is 10.2. The predicted molar refractivity (Wildman–Crippen MR) is 84.8 cm³/mol. The highest BCUT2D eigenvalue weighted by Gasteiger charge is 2.21. The maximum atomic E-state index is 12.0. The standard InChI is InChI=1S/C14H19N3O6S/c1-4-16-14(20)17-12(18)9(2)23-13(19)10-6-5-7-11(8-10)24(21,22)15-3/h5-9,15H,4H2,1-3H3,(H2,16,17,18,20). The number of hydrogen-bond donors (Lipinski definition) is 3. The van der Waals surface area contributed by atoms with E-state index in [9.17, 15) is 22.8 Å². The molecule has 10 heteroatoms. The van der Waals surface area contributed by atoms with Gasteiger partial charge in [0.15, 0.2) is 6.10 Å². The molecule has 0 bridgehead atoms. The molecule has 1 rings (SSSR count). The summed E-state index contributed by atoms with van der Waals surface area (Å²) in [6.45, 7) is 3.31. The second-order valence-electron chi connectivity index (χ2n) is 4.63. The van der Waals surface area contributed by atoms with Crippen LogP contribution in [0.5, 0.6) is 0 Å². The first kappa shape index (κ1) is 19.6. The molecule has 9 nitrogen and oxygen atoms in total. The third kappa shape index (κ3) is 5.32. The van der Waals surface area contributed by atoms with Gasteiger partial charge in [-0.25, -0.2) is 22.7 Å². The summed E-state index contributed by atoms with van der Waals surface area (Å²) in [7, 11) is -2.47. The fourth-order valence-electron chi connectivity index (χ4n) is 1.61. The van der Waals surface area contributed by atoms with Crippen molar-refractivity contribution in [3.8, 4) is 0 Å². The third-order valence-electron chi connectivity index (χ3n) is 2.88. The van der Waals surface area contributed by atoms with E-state index in [1.807, 2.05) is 5.32 Å². The SMILES string of the molecule is CCNC(=O)NC(=O)C(C)OC(=O)c1cccc(S(=O)(=O)NC)c1. The molecule has 0 spiro atoms. The molecule has 1 aromatic rings. The molecule has 24 heavy (non-hydrogen) atoms. The Kier molecular flexibility index (Phi) is 6.86. The molecule has 3 N–H and O–H groups in total. The van der Waals surface area contributed by atoms with Crippen LogP contribution in [0.4, 0.5) is 4.79 Å². The Morgan fingerprint density at radius 3 is 2.50 bits per heavy atom. The van der Waals surface area contributed by atoms with E-state index in [0.717, 1.165) is 6.07 Å². The summed E-state index contributed by atoms with van der Waals surface area (Å²) in [4.78, 5) is 34.9. The molecule has 0 radical (unpaired) electrons. The van der Waals surface area contributed by atoms with Crippen molar-refractivity contribution < 1.29 is 27.5 Å². The van der Waals surface area contributed by atoms with Gasteiger partial charge in [0.1, 0.15) is 0 Å². The molecule has 3 amide bonds. The first-order valence-corrected chi connectivity index (χ1v) is 8.52. The van der Waals surface area contributed by atoms with Crippen LogP contribution >= 0.6 is 0 Å². The van der Waals surface area contributed by atoms with Crippen LogP contribution in [-0.4, -0.2) is 46.0 Å². The van der Waals surface area contributed by atoms with Gasteiger partial charge in [0.25, 0.3) is 5.91 Å². The Morgan fingerprint density at radius 2 is 1.92 bits per heavy atom. The average Bonchev–Trinajstić information content (AvgIpc) is 2.54. The fourth-order valence-corrected chi connectivity index (χ4v) is 2.38. The van der Waals surface area contributed by atoms with E-state index in [1.165, 1.54) is 32.2 Å². The summed E-state index contributed by atoms with van der Waals surface area (Å²) < 4.78 is 30.5. The van der Waals surface area contributed by atoms with Crippen LogP contribution in [-0.2, 0) is 19.6 Å². The zero-order chi connectivity index (χ0) is 18.3. The van der Waals surface area contributed by atoms with Gasteiger partial charge in [0.05, 0.1) is 10.5 Å². The van der Waals surface area contributed by atoms with Gasteiger partial charge >= 0.3 is 12.0 Å². The molecular weight excluding hydrogens is 338 g/mol. The lowest BCUT2D eigenvalue weighted by molar-refractivity contribution is -0.127. The van der Waals surface area contributed by atoms with Crippen molar-refractivity contribution in [2.75, 3.05) is 13.6 Å². The van der Waals surface area contributed by atoms with E-state index in [-0.39, 0.29) is 10.5 Å². The number of ether oxygens (including phenoxy) is 1. The van der Waals surface area contributed by atoms with Crippen LogP contribution in [0.3, 0.4) is 0 Å². The number of esters is 1. The van der Waals surface area contributed by atoms with E-state index in [4.69, 9.17) is 4.74 Å². The molecule has 1 unspecified atom stereocenters. The number of imide groups is 1. The second-order valence-corrected chi connectivity index (χ2v) is 6.52. The molecule has 0 heterocycles. The summed E-state index contributed by atoms with van der Waals surface area (Å²) in [6, 6.07) is 4.47. The molecule has 0 aliphatic carbocycles. The van der Waals surface area contributed by atoms with E-state index in [1.54, 1.807) is 6.92 Å². The average molecular weight is 357 g/mol. The molecule has 0 aliphatic rings. The van der Waals surface area contributed by atoms with Gasteiger partial charge in [0, 0.05) is 6.54 Å². The Labute approximate surface area is 139 Å². The lowest BCUT2D eigenvalue weighted by Gasteiger charge is -2.13. The molecule has 0 fully saturated rings. The maximum Gasteiger partial charge on any atom is 0.338 e. The van der Waals surface area contributed by atoms with Crippen LogP contribution in [0.15, 0.2) is 29.2 Å². The molecule has 132 valence electrons. The summed E-state index contributed by atoms with van der Waals surface area (Å²) in [6.07, 6.45) is -1.23. The van der Waals surface area contributed by atoms with Gasteiger partial charge in [-0.2, -0.15) is 0 Å². The Balaban J connectivity index is 2.79. The zero-order valence-electron chi connectivity index (χ0n) is 13.5. The molecule has 0 aliphatic heterocycles. The van der Waals surface area contributed by atoms with Gasteiger partial charge in [-0.15, -0.1) is 0 Å². The van der Waals surface area contributed by atoms with Crippen LogP contribution in [0.2, 0.25) is 0 Å². The number of amides is 3. The number of urea groups is 1. The predicted octanol–water partition coefficient (Wildman–Crippen LogP) is -0.0143. The molecule has 0 saturated carbocycles. The number of carbonyl (C=O) groups excluding carboxylic acids is 3. The van der Waals surface area contributed by atoms with E-state index in [2.05, 4.69) is 10.0 Å². The Bertz CT molecular complexity index is 732. The molecule has 0 saturated heterocycles. The maximum absolute atomic E-state index is 12.0. The zero-order valence-corrected chi connectivity index (χ0v) is 14.3. The number of sulfonamides is 1. The number of nitrogens with one attached hydrogen (secondary N) is 3. The summed E-state index contributed by atoms with van der Waals surface area (Å²) in [5.41, 5.74) is -0.0380. The topological polar surface area (TPSA) is 131 Å². The van der Waals surface area contributed by atoms with Crippen molar-refractivity contribution in [2.24, 2.45) is 0 Å². The number of benzene rings is 1. The van der Waals surface area contributed by atoms with Crippen molar-refractivity contribution in [1.82, 2.24) is 15.4 Å². The minimum absolute atomic E-state index is 0.0380. The molecule has 1 aromatic carbocycles. The first-order chi connectivity index (χ1) is 11.2. The van der Waals surface area contributed by atoms with Crippen molar-refractivity contribution in [2.45, 2.75) is 24.8 Å². The summed E-state index contributed by atoms with van der Waals surface area (Å²) in [5.74, 6) is -1.69. The highest BCUT2D eigenvalue weighted by molar-refractivity contribution is 7.89. The highest BCUT2D eigenvalue weighted by atomic mass is 32.2. The fraction of sp³-hybridized carbons (Fsp3) is 0.357. The quantitative estimate of drug-likeness (QED) is 0.614. The van der Waals surface area contributed by atoms with Crippen LogP contribution in [0, 0.1) is 0 Å². The third-order valence-corrected chi connectivity index (χ3v) is 4.29. The van der Waals surface area contributed by atoms with Crippen molar-refractivity contribution in [1.29, 1.82) is 0 Å². The largest absolute Gasteiger partial charge is 0.449 e. The van der Waals surface area contributed by atoms with Crippen LogP contribution < -0.4 is 15.4 Å². The number of carbonyl (C=O) groups is 3. The smallest absolute Gasteiger partial charge is 0.338 e. The minimum atomic E-state index is -3.71. The normalized spacial score (nSPS) is 12.1. The van der Waals surface area contributed by atoms with Gasteiger partial charge in [0.2, 0.25) is 10.0 Å². The van der Waals surface area contributed by atoms with Gasteiger partial charge in [-0.05, 0) is 39.1 Å². The first-order valence-electron chi connectivity index (χ1n) is 7.04. The van der Waals surface area contributed by atoms with Gasteiger partial charge in [-0.1, -0.05) is 6.07 Å². The summed E-state index contributed by atoms with van der Waals surface area (Å²) in [5, 5.41) is 4.37.